The van der Waals surface area contributed by atoms with Crippen molar-refractivity contribution in [2.75, 3.05) is 6.54 Å². The van der Waals surface area contributed by atoms with E-state index in [1.54, 1.807) is 11.6 Å². The number of aromatic nitrogens is 2. The predicted molar refractivity (Wildman–Crippen MR) is 95.8 cm³/mol. The lowest BCUT2D eigenvalue weighted by Crippen LogP contribution is -2.26. The lowest BCUT2D eigenvalue weighted by atomic mass is 10.1. The van der Waals surface area contributed by atoms with Gasteiger partial charge in [-0.1, -0.05) is 60.1 Å². The summed E-state index contributed by atoms with van der Waals surface area (Å²) in [5.41, 5.74) is 3.05. The van der Waals surface area contributed by atoms with Gasteiger partial charge in [0.1, 0.15) is 5.15 Å². The van der Waals surface area contributed by atoms with Gasteiger partial charge < -0.3 is 5.32 Å². The van der Waals surface area contributed by atoms with Crippen molar-refractivity contribution in [1.29, 1.82) is 0 Å². The summed E-state index contributed by atoms with van der Waals surface area (Å²) in [6, 6.07) is 19.6. The van der Waals surface area contributed by atoms with E-state index < -0.39 is 0 Å². The highest BCUT2D eigenvalue weighted by Crippen LogP contribution is 2.23. The van der Waals surface area contributed by atoms with Crippen LogP contribution in [0.3, 0.4) is 0 Å². The predicted octanol–water partition coefficient (Wildman–Crippen LogP) is 3.81. The summed E-state index contributed by atoms with van der Waals surface area (Å²) in [5, 5.41) is 7.64. The van der Waals surface area contributed by atoms with Crippen molar-refractivity contribution in [3.8, 4) is 5.69 Å². The molecule has 0 fully saturated rings. The van der Waals surface area contributed by atoms with E-state index in [2.05, 4.69) is 10.4 Å². The van der Waals surface area contributed by atoms with Gasteiger partial charge in [0.15, 0.2) is 0 Å². The van der Waals surface area contributed by atoms with Gasteiger partial charge in [-0.25, -0.2) is 4.68 Å². The first-order valence-electron chi connectivity index (χ1n) is 7.79. The number of hydrogen-bond donors (Lipinski definition) is 1. The fourth-order valence-corrected chi connectivity index (χ4v) is 2.91. The molecule has 0 atom stereocenters. The van der Waals surface area contributed by atoms with Gasteiger partial charge >= 0.3 is 0 Å². The molecular weight excluding hydrogens is 322 g/mol. The number of amides is 1. The van der Waals surface area contributed by atoms with Gasteiger partial charge in [-0.05, 0) is 31.0 Å². The molecule has 2 aromatic carbocycles. The summed E-state index contributed by atoms with van der Waals surface area (Å²) in [4.78, 5) is 12.5. The molecule has 0 saturated carbocycles. The molecule has 1 N–H and O–H groups in total. The number of carbonyl (C=O) groups is 1. The van der Waals surface area contributed by atoms with Crippen molar-refractivity contribution in [3.63, 3.8) is 0 Å². The Bertz CT molecular complexity index is 829. The minimum atomic E-state index is -0.199. The molecule has 1 aromatic heterocycles. The third-order valence-corrected chi connectivity index (χ3v) is 4.12. The molecule has 4 nitrogen and oxygen atoms in total. The zero-order valence-electron chi connectivity index (χ0n) is 13.4. The molecule has 0 spiro atoms. The van der Waals surface area contributed by atoms with Crippen molar-refractivity contribution in [2.45, 2.75) is 13.3 Å². The normalized spacial score (nSPS) is 10.6. The zero-order chi connectivity index (χ0) is 16.9. The molecule has 0 saturated heterocycles. The average molecular weight is 340 g/mol. The monoisotopic (exact) mass is 339 g/mol. The van der Waals surface area contributed by atoms with Crippen LogP contribution in [0, 0.1) is 6.92 Å². The van der Waals surface area contributed by atoms with Crippen LogP contribution >= 0.6 is 11.6 Å². The molecule has 0 unspecified atom stereocenters. The van der Waals surface area contributed by atoms with Crippen molar-refractivity contribution in [1.82, 2.24) is 15.1 Å². The maximum absolute atomic E-state index is 12.5. The van der Waals surface area contributed by atoms with E-state index in [9.17, 15) is 4.79 Å². The third-order valence-electron chi connectivity index (χ3n) is 3.77. The SMILES string of the molecule is Cc1nn(-c2ccccc2)c(Cl)c1C(=O)NCCc1ccccc1. The van der Waals surface area contributed by atoms with Crippen LogP contribution in [0.4, 0.5) is 0 Å². The molecule has 3 aromatic rings. The Kier molecular flexibility index (Phi) is 4.96. The van der Waals surface area contributed by atoms with Gasteiger partial charge in [-0.3, -0.25) is 4.79 Å². The third kappa shape index (κ3) is 3.49. The lowest BCUT2D eigenvalue weighted by Gasteiger charge is -2.06. The first-order chi connectivity index (χ1) is 11.7. The van der Waals surface area contributed by atoms with Crippen LogP contribution in [-0.2, 0) is 6.42 Å². The number of carbonyl (C=O) groups excluding carboxylic acids is 1. The maximum atomic E-state index is 12.5. The molecule has 0 bridgehead atoms. The molecule has 0 radical (unpaired) electrons. The Morgan fingerprint density at radius 1 is 1.08 bits per heavy atom. The molecular formula is C19H18ClN3O. The second kappa shape index (κ2) is 7.32. The summed E-state index contributed by atoms with van der Waals surface area (Å²) in [6.07, 6.45) is 0.774. The molecule has 1 amide bonds. The van der Waals surface area contributed by atoms with Gasteiger partial charge in [0.25, 0.3) is 5.91 Å². The molecule has 122 valence electrons. The van der Waals surface area contributed by atoms with E-state index in [0.29, 0.717) is 23.0 Å². The molecule has 1 heterocycles. The maximum Gasteiger partial charge on any atom is 0.256 e. The Morgan fingerprint density at radius 3 is 2.38 bits per heavy atom. The van der Waals surface area contributed by atoms with Crippen molar-refractivity contribution < 1.29 is 4.79 Å². The number of para-hydroxylation sites is 1. The van der Waals surface area contributed by atoms with Crippen LogP contribution in [0.5, 0.6) is 0 Å². The Labute approximate surface area is 146 Å². The van der Waals surface area contributed by atoms with Crippen LogP contribution < -0.4 is 5.32 Å². The topological polar surface area (TPSA) is 46.9 Å². The fourth-order valence-electron chi connectivity index (χ4n) is 2.55. The van der Waals surface area contributed by atoms with Crippen LogP contribution in [0.2, 0.25) is 5.15 Å². The van der Waals surface area contributed by atoms with E-state index in [4.69, 9.17) is 11.6 Å². The van der Waals surface area contributed by atoms with Crippen molar-refractivity contribution in [2.24, 2.45) is 0 Å². The minimum Gasteiger partial charge on any atom is -0.352 e. The Morgan fingerprint density at radius 2 is 1.71 bits per heavy atom. The molecule has 24 heavy (non-hydrogen) atoms. The Hall–Kier alpha value is -2.59. The number of benzene rings is 2. The van der Waals surface area contributed by atoms with Gasteiger partial charge in [-0.15, -0.1) is 0 Å². The number of halogens is 1. The van der Waals surface area contributed by atoms with Gasteiger partial charge in [0, 0.05) is 6.54 Å². The van der Waals surface area contributed by atoms with Gasteiger partial charge in [0.05, 0.1) is 16.9 Å². The van der Waals surface area contributed by atoms with Crippen LogP contribution in [-0.4, -0.2) is 22.2 Å². The van der Waals surface area contributed by atoms with Gasteiger partial charge in [-0.2, -0.15) is 5.10 Å². The van der Waals surface area contributed by atoms with Crippen LogP contribution in [0.1, 0.15) is 21.6 Å². The summed E-state index contributed by atoms with van der Waals surface area (Å²) in [6.45, 7) is 2.34. The summed E-state index contributed by atoms with van der Waals surface area (Å²) >= 11 is 6.39. The van der Waals surface area contributed by atoms with Crippen molar-refractivity contribution in [3.05, 3.63) is 82.6 Å². The summed E-state index contributed by atoms with van der Waals surface area (Å²) < 4.78 is 1.59. The molecule has 0 aliphatic rings. The van der Waals surface area contributed by atoms with E-state index in [-0.39, 0.29) is 5.91 Å². The van der Waals surface area contributed by atoms with Crippen LogP contribution in [0.15, 0.2) is 60.7 Å². The average Bonchev–Trinajstić information content (AvgIpc) is 2.91. The lowest BCUT2D eigenvalue weighted by molar-refractivity contribution is 0.0953. The number of aryl methyl sites for hydroxylation is 1. The first-order valence-corrected chi connectivity index (χ1v) is 8.17. The highest BCUT2D eigenvalue weighted by molar-refractivity contribution is 6.33. The minimum absolute atomic E-state index is 0.199. The second-order valence-corrected chi connectivity index (χ2v) is 5.85. The number of rotatable bonds is 5. The molecule has 3 rings (SSSR count). The summed E-state index contributed by atoms with van der Waals surface area (Å²) in [5.74, 6) is -0.199. The van der Waals surface area contributed by atoms with E-state index >= 15 is 0 Å². The van der Waals surface area contributed by atoms with Crippen LogP contribution in [0.25, 0.3) is 5.69 Å². The number of nitrogens with zero attached hydrogens (tertiary/aromatic N) is 2. The van der Waals surface area contributed by atoms with Crippen molar-refractivity contribution >= 4 is 17.5 Å². The first kappa shape index (κ1) is 16.3. The van der Waals surface area contributed by atoms with E-state index in [1.165, 1.54) is 5.56 Å². The Balaban J connectivity index is 1.72. The zero-order valence-corrected chi connectivity index (χ0v) is 14.1. The van der Waals surface area contributed by atoms with E-state index in [1.807, 2.05) is 60.7 Å². The quantitative estimate of drug-likeness (QED) is 0.768. The largest absolute Gasteiger partial charge is 0.352 e. The standard InChI is InChI=1S/C19H18ClN3O/c1-14-17(18(20)23(22-14)16-10-6-3-7-11-16)19(24)21-13-12-15-8-4-2-5-9-15/h2-11H,12-13H2,1H3,(H,21,24). The molecule has 5 heteroatoms. The van der Waals surface area contributed by atoms with Gasteiger partial charge in [0.2, 0.25) is 0 Å². The fraction of sp³-hybridized carbons (Fsp3) is 0.158. The number of hydrogen-bond acceptors (Lipinski definition) is 2. The summed E-state index contributed by atoms with van der Waals surface area (Å²) in [7, 11) is 0. The molecule has 0 aliphatic heterocycles. The molecule has 0 aliphatic carbocycles. The smallest absolute Gasteiger partial charge is 0.256 e. The number of nitrogens with one attached hydrogen (secondary N) is 1. The van der Waals surface area contributed by atoms with E-state index in [0.717, 1.165) is 12.1 Å². The highest BCUT2D eigenvalue weighted by atomic mass is 35.5. The highest BCUT2D eigenvalue weighted by Gasteiger charge is 2.20. The second-order valence-electron chi connectivity index (χ2n) is 5.49.